The third-order valence-electron chi connectivity index (χ3n) is 13.8. The van der Waals surface area contributed by atoms with Crippen LogP contribution in [0.3, 0.4) is 0 Å². The monoisotopic (exact) mass is 729 g/mol. The Hall–Kier alpha value is -4.53. The first-order chi connectivity index (χ1) is 25.1. The average molecular weight is 730 g/mol. The summed E-state index contributed by atoms with van der Waals surface area (Å²) in [6, 6.07) is 24.4. The van der Waals surface area contributed by atoms with E-state index in [1.54, 1.807) is 12.3 Å². The van der Waals surface area contributed by atoms with E-state index in [2.05, 4.69) is 45.0 Å². The number of hydrogen-bond donors (Lipinski definition) is 1. The van der Waals surface area contributed by atoms with Gasteiger partial charge in [0.05, 0.1) is 29.5 Å². The SMILES string of the molecule is CC1(C)C(=O)C=CC2(C)C1=C(O)C(=O)C1(C)C2CCC2(C)C(c3ccoc3)CC3OC321.Cc1cccc(N(C)C(=S)Oc2ccc3ccccc3c2)c1. The van der Waals surface area contributed by atoms with Crippen LogP contribution in [0.1, 0.15) is 70.9 Å². The van der Waals surface area contributed by atoms with Gasteiger partial charge < -0.3 is 23.9 Å². The molecule has 7 atom stereocenters. The quantitative estimate of drug-likeness (QED) is 0.165. The van der Waals surface area contributed by atoms with Crippen molar-refractivity contribution in [1.82, 2.24) is 0 Å². The van der Waals surface area contributed by atoms with Crippen LogP contribution < -0.4 is 9.64 Å². The highest BCUT2D eigenvalue weighted by Crippen LogP contribution is 2.81. The number of benzene rings is 3. The maximum Gasteiger partial charge on any atom is 0.269 e. The molecule has 1 aromatic heterocycles. The molecule has 7 nitrogen and oxygen atoms in total. The van der Waals surface area contributed by atoms with Crippen LogP contribution in [0.5, 0.6) is 5.75 Å². The summed E-state index contributed by atoms with van der Waals surface area (Å²) >= 11 is 5.41. The number of anilines is 1. The number of rotatable bonds is 3. The molecule has 3 aromatic carbocycles. The fourth-order valence-electron chi connectivity index (χ4n) is 11.1. The van der Waals surface area contributed by atoms with E-state index in [4.69, 9.17) is 26.1 Å². The van der Waals surface area contributed by atoms with E-state index in [-0.39, 0.29) is 40.7 Å². The number of aliphatic hydroxyl groups excluding tert-OH is 1. The topological polar surface area (TPSA) is 92.5 Å². The maximum atomic E-state index is 14.0. The number of Topliss-reactive ketones (excluding diaryl/α,β-unsaturated/α-hetero) is 1. The molecule has 274 valence electrons. The lowest BCUT2D eigenvalue weighted by atomic mass is 9.39. The van der Waals surface area contributed by atoms with Gasteiger partial charge in [0.25, 0.3) is 5.17 Å². The van der Waals surface area contributed by atoms with Crippen molar-refractivity contribution in [3.05, 3.63) is 120 Å². The number of carbonyl (C=O) groups excluding carboxylic acids is 2. The Bertz CT molecular complexity index is 2240. The van der Waals surface area contributed by atoms with Crippen LogP contribution in [0.25, 0.3) is 10.8 Å². The van der Waals surface area contributed by atoms with Gasteiger partial charge in [-0.2, -0.15) is 0 Å². The van der Waals surface area contributed by atoms with Gasteiger partial charge in [-0.25, -0.2) is 0 Å². The standard InChI is InChI=1S/C26H30O5.C19H17NOS/c1-22(2)17(27)7-9-23(3)16-6-10-24(4)15(14-8-11-30-13-14)12-18-26(24,31-18)25(16,5)21(29)19(28)20(22)23;1-14-6-5-9-17(12-14)20(2)19(22)21-18-11-10-15-7-3-4-8-16(15)13-18/h7-9,11,13,15-16,18,28H,6,10,12H2,1-5H3;3-13H,1-2H3. The van der Waals surface area contributed by atoms with Crippen LogP contribution in [0.15, 0.2) is 113 Å². The normalized spacial score (nSPS) is 33.2. The molecule has 4 aromatic rings. The molecule has 7 unspecified atom stereocenters. The van der Waals surface area contributed by atoms with Gasteiger partial charge in [0, 0.05) is 23.6 Å². The van der Waals surface area contributed by atoms with Gasteiger partial charge >= 0.3 is 0 Å². The molecule has 1 saturated heterocycles. The van der Waals surface area contributed by atoms with Crippen molar-refractivity contribution in [2.75, 3.05) is 11.9 Å². The van der Waals surface area contributed by atoms with E-state index in [0.29, 0.717) is 10.7 Å². The van der Waals surface area contributed by atoms with E-state index in [9.17, 15) is 14.7 Å². The Kier molecular flexibility index (Phi) is 8.03. The fraction of sp³-hybridized carbons (Fsp3) is 0.400. The number of nitrogens with zero attached hydrogens (tertiary/aromatic N) is 1. The molecule has 3 fully saturated rings. The second kappa shape index (κ2) is 12.0. The first-order valence-electron chi connectivity index (χ1n) is 18.5. The highest BCUT2D eigenvalue weighted by molar-refractivity contribution is 7.80. The number of fused-ring (bicyclic) bond motifs is 4. The molecule has 4 aliphatic carbocycles. The zero-order valence-electron chi connectivity index (χ0n) is 31.4. The van der Waals surface area contributed by atoms with Gasteiger partial charge in [0.1, 0.15) is 11.4 Å². The predicted octanol–water partition coefficient (Wildman–Crippen LogP) is 9.84. The highest BCUT2D eigenvalue weighted by Gasteiger charge is 2.87. The first kappa shape index (κ1) is 35.5. The summed E-state index contributed by atoms with van der Waals surface area (Å²) < 4.78 is 17.7. The third kappa shape index (κ3) is 4.90. The molecule has 1 spiro atoms. The average Bonchev–Trinajstić information content (AvgIpc) is 3.48. The van der Waals surface area contributed by atoms with Crippen molar-refractivity contribution in [2.45, 2.75) is 78.4 Å². The number of carbonyl (C=O) groups is 2. The molecule has 2 heterocycles. The van der Waals surface area contributed by atoms with Crippen molar-refractivity contribution in [3.8, 4) is 5.75 Å². The summed E-state index contributed by atoms with van der Waals surface area (Å²) in [5.74, 6) is 0.441. The number of furan rings is 1. The molecule has 2 saturated carbocycles. The summed E-state index contributed by atoms with van der Waals surface area (Å²) in [4.78, 5) is 28.6. The fourth-order valence-corrected chi connectivity index (χ4v) is 11.3. The van der Waals surface area contributed by atoms with Crippen molar-refractivity contribution < 1.29 is 28.6 Å². The van der Waals surface area contributed by atoms with Gasteiger partial charge in [-0.05, 0) is 135 Å². The van der Waals surface area contributed by atoms with Crippen LogP contribution in [-0.4, -0.2) is 40.6 Å². The lowest BCUT2D eigenvalue weighted by molar-refractivity contribution is -0.162. The number of hydrogen-bond acceptors (Lipinski definition) is 7. The Morgan fingerprint density at radius 1 is 0.962 bits per heavy atom. The Balaban J connectivity index is 0.000000161. The highest BCUT2D eigenvalue weighted by atomic mass is 32.1. The minimum absolute atomic E-state index is 0.00527. The van der Waals surface area contributed by atoms with Gasteiger partial charge in [-0.3, -0.25) is 9.59 Å². The summed E-state index contributed by atoms with van der Waals surface area (Å²) in [5.41, 5.74) is 0.812. The van der Waals surface area contributed by atoms with E-state index in [1.165, 1.54) is 16.5 Å². The van der Waals surface area contributed by atoms with Crippen LogP contribution in [-0.2, 0) is 14.3 Å². The zero-order chi connectivity index (χ0) is 37.7. The number of allylic oxidation sites excluding steroid dienone is 4. The molecule has 0 bridgehead atoms. The van der Waals surface area contributed by atoms with Gasteiger partial charge in [-0.15, -0.1) is 0 Å². The number of aryl methyl sites for hydroxylation is 1. The molecule has 0 radical (unpaired) electrons. The molecule has 8 heteroatoms. The van der Waals surface area contributed by atoms with E-state index in [0.717, 1.165) is 36.1 Å². The zero-order valence-corrected chi connectivity index (χ0v) is 32.3. The van der Waals surface area contributed by atoms with Crippen LogP contribution in [0, 0.1) is 34.5 Å². The smallest absolute Gasteiger partial charge is 0.269 e. The molecule has 53 heavy (non-hydrogen) atoms. The molecule has 5 aliphatic rings. The lowest BCUT2D eigenvalue weighted by Gasteiger charge is -2.62. The molecular weight excluding hydrogens is 683 g/mol. The third-order valence-corrected chi connectivity index (χ3v) is 14.1. The van der Waals surface area contributed by atoms with Gasteiger partial charge in [-0.1, -0.05) is 62.4 Å². The molecule has 1 aliphatic heterocycles. The van der Waals surface area contributed by atoms with Crippen molar-refractivity contribution in [2.24, 2.45) is 27.6 Å². The summed E-state index contributed by atoms with van der Waals surface area (Å²) in [6.07, 6.45) is 9.76. The minimum atomic E-state index is -0.901. The van der Waals surface area contributed by atoms with Crippen LogP contribution in [0.2, 0.25) is 0 Å². The number of epoxide rings is 1. The Morgan fingerprint density at radius 3 is 2.43 bits per heavy atom. The second-order valence-corrected chi connectivity index (χ2v) is 17.2. The number of thiocarbonyl (C=S) groups is 1. The van der Waals surface area contributed by atoms with Gasteiger partial charge in [0.15, 0.2) is 11.5 Å². The molecular formula is C45H47NO6S. The summed E-state index contributed by atoms with van der Waals surface area (Å²) in [6.45, 7) is 12.1. The lowest BCUT2D eigenvalue weighted by Crippen LogP contribution is -2.66. The van der Waals surface area contributed by atoms with Crippen molar-refractivity contribution >= 4 is 45.4 Å². The number of ether oxygens (including phenoxy) is 2. The summed E-state index contributed by atoms with van der Waals surface area (Å²) in [7, 11) is 1.91. The maximum absolute atomic E-state index is 14.0. The Labute approximate surface area is 316 Å². The largest absolute Gasteiger partial charge is 0.504 e. The van der Waals surface area contributed by atoms with Crippen molar-refractivity contribution in [3.63, 3.8) is 0 Å². The number of ketones is 2. The van der Waals surface area contributed by atoms with Crippen molar-refractivity contribution in [1.29, 1.82) is 0 Å². The molecule has 9 rings (SSSR count). The van der Waals surface area contributed by atoms with E-state index in [1.807, 2.05) is 93.6 Å². The Morgan fingerprint density at radius 2 is 1.72 bits per heavy atom. The number of aliphatic hydroxyl groups is 1. The minimum Gasteiger partial charge on any atom is -0.504 e. The molecule has 0 amide bonds. The second-order valence-electron chi connectivity index (χ2n) is 16.8. The van der Waals surface area contributed by atoms with Crippen LogP contribution in [0.4, 0.5) is 5.69 Å². The summed E-state index contributed by atoms with van der Waals surface area (Å²) in [5, 5.41) is 14.1. The predicted molar refractivity (Wildman–Crippen MR) is 210 cm³/mol. The van der Waals surface area contributed by atoms with E-state index >= 15 is 0 Å². The first-order valence-corrected chi connectivity index (χ1v) is 18.9. The van der Waals surface area contributed by atoms with E-state index < -0.39 is 21.8 Å². The van der Waals surface area contributed by atoms with Gasteiger partial charge in [0.2, 0.25) is 5.78 Å². The van der Waals surface area contributed by atoms with Crippen LogP contribution >= 0.6 is 12.2 Å². The molecule has 1 N–H and O–H groups in total.